The average Bonchev–Trinajstić information content (AvgIpc) is 3.18. The number of anilines is 2. The monoisotopic (exact) mass is 355 g/mol. The lowest BCUT2D eigenvalue weighted by atomic mass is 10.2. The van der Waals surface area contributed by atoms with Crippen LogP contribution >= 0.6 is 0 Å². The molecule has 2 amide bonds. The van der Waals surface area contributed by atoms with Gasteiger partial charge in [0.2, 0.25) is 0 Å². The smallest absolute Gasteiger partial charge is 0.319 e. The molecule has 0 aliphatic heterocycles. The van der Waals surface area contributed by atoms with Crippen LogP contribution in [0.3, 0.4) is 0 Å². The van der Waals surface area contributed by atoms with Crippen LogP contribution < -0.4 is 16.0 Å². The van der Waals surface area contributed by atoms with Crippen LogP contribution in [0, 0.1) is 12.7 Å². The Bertz CT molecular complexity index is 883. The van der Waals surface area contributed by atoms with Gasteiger partial charge >= 0.3 is 6.03 Å². The Morgan fingerprint density at radius 2 is 2.12 bits per heavy atom. The van der Waals surface area contributed by atoms with Crippen LogP contribution in [0.4, 0.5) is 20.7 Å². The molecule has 0 aliphatic rings. The lowest BCUT2D eigenvalue weighted by Gasteiger charge is -2.11. The van der Waals surface area contributed by atoms with E-state index in [0.29, 0.717) is 36.0 Å². The molecule has 3 N–H and O–H groups in total. The van der Waals surface area contributed by atoms with Crippen molar-refractivity contribution in [3.05, 3.63) is 60.4 Å². The Balaban J connectivity index is 1.46. The van der Waals surface area contributed by atoms with Gasteiger partial charge in [0.05, 0.1) is 0 Å². The topological polar surface area (TPSA) is 96.8 Å². The summed E-state index contributed by atoms with van der Waals surface area (Å²) in [5.41, 5.74) is 0.836. The number of hydrogen-bond donors (Lipinski definition) is 3. The predicted molar refractivity (Wildman–Crippen MR) is 95.8 cm³/mol. The van der Waals surface area contributed by atoms with Crippen LogP contribution in [0.5, 0.6) is 0 Å². The van der Waals surface area contributed by atoms with Crippen molar-refractivity contribution in [1.29, 1.82) is 0 Å². The summed E-state index contributed by atoms with van der Waals surface area (Å²) in [5, 5.41) is 12.5. The summed E-state index contributed by atoms with van der Waals surface area (Å²) in [5.74, 6) is 0.898. The third-order valence-electron chi connectivity index (χ3n) is 3.62. The third-order valence-corrected chi connectivity index (χ3v) is 3.62. The number of benzene rings is 1. The second-order valence-corrected chi connectivity index (χ2v) is 5.43. The van der Waals surface area contributed by atoms with Gasteiger partial charge in [-0.2, -0.15) is 5.10 Å². The molecule has 0 saturated carbocycles. The molecule has 0 spiro atoms. The summed E-state index contributed by atoms with van der Waals surface area (Å²) in [6.45, 7) is 2.44. The number of amides is 2. The SMILES string of the molecule is Cc1c(F)cccc1NC(=O)NCCNc1cc(-n2cccn2)ncn1. The number of carbonyl (C=O) groups excluding carboxylic acids is 1. The van der Waals surface area contributed by atoms with Crippen molar-refractivity contribution in [2.45, 2.75) is 6.92 Å². The molecule has 0 fully saturated rings. The van der Waals surface area contributed by atoms with E-state index in [9.17, 15) is 9.18 Å². The highest BCUT2D eigenvalue weighted by molar-refractivity contribution is 5.90. The van der Waals surface area contributed by atoms with E-state index in [4.69, 9.17) is 0 Å². The summed E-state index contributed by atoms with van der Waals surface area (Å²) in [7, 11) is 0. The summed E-state index contributed by atoms with van der Waals surface area (Å²) < 4.78 is 15.1. The summed E-state index contributed by atoms with van der Waals surface area (Å²) in [6, 6.07) is 7.70. The quantitative estimate of drug-likeness (QED) is 0.590. The Labute approximate surface area is 149 Å². The van der Waals surface area contributed by atoms with Crippen molar-refractivity contribution in [2.24, 2.45) is 0 Å². The molecule has 3 aromatic rings. The zero-order valence-corrected chi connectivity index (χ0v) is 14.1. The number of nitrogens with zero attached hydrogens (tertiary/aromatic N) is 4. The zero-order valence-electron chi connectivity index (χ0n) is 14.1. The zero-order chi connectivity index (χ0) is 18.4. The Morgan fingerprint density at radius 3 is 2.92 bits per heavy atom. The van der Waals surface area contributed by atoms with Crippen LogP contribution in [0.2, 0.25) is 0 Å². The first-order chi connectivity index (χ1) is 12.6. The van der Waals surface area contributed by atoms with Gasteiger partial charge in [0.15, 0.2) is 5.82 Å². The Kier molecular flexibility index (Phi) is 5.37. The number of halogens is 1. The van der Waals surface area contributed by atoms with Crippen molar-refractivity contribution in [2.75, 3.05) is 23.7 Å². The fraction of sp³-hybridized carbons (Fsp3) is 0.176. The maximum absolute atomic E-state index is 13.5. The number of nitrogens with one attached hydrogen (secondary N) is 3. The lowest BCUT2D eigenvalue weighted by Crippen LogP contribution is -2.33. The summed E-state index contributed by atoms with van der Waals surface area (Å²) in [6.07, 6.45) is 4.89. The van der Waals surface area contributed by atoms with Crippen LogP contribution in [0.1, 0.15) is 5.56 Å². The van der Waals surface area contributed by atoms with Gasteiger partial charge in [0.1, 0.15) is 18.0 Å². The number of urea groups is 1. The van der Waals surface area contributed by atoms with Crippen molar-refractivity contribution in [3.8, 4) is 5.82 Å². The molecule has 3 rings (SSSR count). The minimum absolute atomic E-state index is 0.360. The van der Waals surface area contributed by atoms with Gasteiger partial charge < -0.3 is 16.0 Å². The molecule has 1 aromatic carbocycles. The van der Waals surface area contributed by atoms with E-state index in [1.807, 2.05) is 0 Å². The first-order valence-electron chi connectivity index (χ1n) is 7.99. The predicted octanol–water partition coefficient (Wildman–Crippen LogP) is 2.34. The Hall–Kier alpha value is -3.49. The van der Waals surface area contributed by atoms with Gasteiger partial charge in [-0.1, -0.05) is 6.07 Å². The first kappa shape index (κ1) is 17.3. The van der Waals surface area contributed by atoms with E-state index in [1.54, 1.807) is 48.3 Å². The number of rotatable bonds is 6. The average molecular weight is 355 g/mol. The molecule has 0 unspecified atom stereocenters. The van der Waals surface area contributed by atoms with E-state index in [0.717, 1.165) is 0 Å². The van der Waals surface area contributed by atoms with Crippen molar-refractivity contribution in [1.82, 2.24) is 25.1 Å². The van der Waals surface area contributed by atoms with Crippen molar-refractivity contribution in [3.63, 3.8) is 0 Å². The van der Waals surface area contributed by atoms with Gasteiger partial charge in [0.25, 0.3) is 0 Å². The van der Waals surface area contributed by atoms with Gasteiger partial charge in [0, 0.05) is 42.8 Å². The van der Waals surface area contributed by atoms with E-state index in [-0.39, 0.29) is 5.82 Å². The third kappa shape index (κ3) is 4.32. The standard InChI is InChI=1S/C17H18FN7O/c1-12-13(18)4-2-5-14(12)24-17(26)20-8-7-19-15-10-16(22-11-21-15)25-9-3-6-23-25/h2-6,9-11H,7-8H2,1H3,(H,19,21,22)(H2,20,24,26). The van der Waals surface area contributed by atoms with E-state index in [2.05, 4.69) is 31.0 Å². The highest BCUT2D eigenvalue weighted by Gasteiger charge is 2.07. The maximum Gasteiger partial charge on any atom is 0.319 e. The minimum atomic E-state index is -0.402. The lowest BCUT2D eigenvalue weighted by molar-refractivity contribution is 0.252. The number of aromatic nitrogens is 4. The molecule has 0 saturated heterocycles. The van der Waals surface area contributed by atoms with Crippen LogP contribution in [0.25, 0.3) is 5.82 Å². The molecule has 2 heterocycles. The molecule has 0 bridgehead atoms. The minimum Gasteiger partial charge on any atom is -0.368 e. The van der Waals surface area contributed by atoms with Crippen LogP contribution in [-0.4, -0.2) is 38.9 Å². The molecule has 134 valence electrons. The second-order valence-electron chi connectivity index (χ2n) is 5.43. The molecule has 9 heteroatoms. The van der Waals surface area contributed by atoms with Gasteiger partial charge in [-0.25, -0.2) is 23.8 Å². The first-order valence-corrected chi connectivity index (χ1v) is 7.99. The normalized spacial score (nSPS) is 10.4. The van der Waals surface area contributed by atoms with Crippen LogP contribution in [-0.2, 0) is 0 Å². The molecule has 2 aromatic heterocycles. The van der Waals surface area contributed by atoms with Crippen LogP contribution in [0.15, 0.2) is 49.1 Å². The molecule has 0 aliphatic carbocycles. The highest BCUT2D eigenvalue weighted by atomic mass is 19.1. The molecular weight excluding hydrogens is 337 g/mol. The highest BCUT2D eigenvalue weighted by Crippen LogP contribution is 2.17. The summed E-state index contributed by atoms with van der Waals surface area (Å²) in [4.78, 5) is 20.1. The number of carbonyl (C=O) groups is 1. The second kappa shape index (κ2) is 8.06. The Morgan fingerprint density at radius 1 is 1.23 bits per heavy atom. The van der Waals surface area contributed by atoms with Crippen molar-refractivity contribution >= 4 is 17.5 Å². The summed E-state index contributed by atoms with van der Waals surface area (Å²) >= 11 is 0. The molecule has 8 nitrogen and oxygen atoms in total. The maximum atomic E-state index is 13.5. The molecule has 0 atom stereocenters. The van der Waals surface area contributed by atoms with Gasteiger partial charge in [-0.15, -0.1) is 0 Å². The van der Waals surface area contributed by atoms with Gasteiger partial charge in [-0.05, 0) is 25.1 Å². The van der Waals surface area contributed by atoms with Gasteiger partial charge in [-0.3, -0.25) is 0 Å². The fourth-order valence-corrected chi connectivity index (χ4v) is 2.25. The molecular formula is C17H18FN7O. The largest absolute Gasteiger partial charge is 0.368 e. The molecule has 26 heavy (non-hydrogen) atoms. The molecule has 0 radical (unpaired) electrons. The number of hydrogen-bond acceptors (Lipinski definition) is 5. The van der Waals surface area contributed by atoms with E-state index >= 15 is 0 Å². The van der Waals surface area contributed by atoms with E-state index < -0.39 is 6.03 Å². The van der Waals surface area contributed by atoms with E-state index in [1.165, 1.54) is 12.4 Å². The van der Waals surface area contributed by atoms with Crippen molar-refractivity contribution < 1.29 is 9.18 Å². The fourth-order valence-electron chi connectivity index (χ4n) is 2.25.